The Bertz CT molecular complexity index is 1340. The first-order valence-electron chi connectivity index (χ1n) is 10.4. The van der Waals surface area contributed by atoms with Crippen molar-refractivity contribution in [1.82, 2.24) is 5.32 Å². The number of quaternary nitrogens is 1. The lowest BCUT2D eigenvalue weighted by Gasteiger charge is -2.17. The molecule has 0 aliphatic rings. The van der Waals surface area contributed by atoms with Gasteiger partial charge in [0.05, 0.1) is 12.7 Å². The molecule has 2 aromatic carbocycles. The van der Waals surface area contributed by atoms with Gasteiger partial charge in [0.15, 0.2) is 17.1 Å². The predicted octanol–water partition coefficient (Wildman–Crippen LogP) is 2.47. The molecule has 0 heterocycles. The summed E-state index contributed by atoms with van der Waals surface area (Å²) in [6.45, 7) is 1.30. The Morgan fingerprint density at radius 2 is 1.66 bits per heavy atom. The van der Waals surface area contributed by atoms with Gasteiger partial charge in [-0.1, -0.05) is 6.07 Å². The van der Waals surface area contributed by atoms with E-state index in [1.807, 2.05) is 0 Å². The summed E-state index contributed by atoms with van der Waals surface area (Å²) in [6.07, 6.45) is -9.90. The van der Waals surface area contributed by atoms with Crippen molar-refractivity contribution in [3.63, 3.8) is 0 Å². The number of halogens is 9. The molecular weight excluding hydrogens is 533 g/mol. The number of aryl methyl sites for hydroxylation is 1. The molecule has 2 rings (SSSR count). The van der Waals surface area contributed by atoms with Gasteiger partial charge in [0.1, 0.15) is 23.5 Å². The van der Waals surface area contributed by atoms with Crippen LogP contribution in [0.2, 0.25) is 0 Å². The average Bonchev–Trinajstić information content (AvgIpc) is 2.80. The molecule has 15 heteroatoms. The molecule has 0 unspecified atom stereocenters. The molecule has 38 heavy (non-hydrogen) atoms. The van der Waals surface area contributed by atoms with Crippen molar-refractivity contribution in [1.29, 1.82) is 0 Å². The van der Waals surface area contributed by atoms with E-state index in [0.717, 1.165) is 23.5 Å². The zero-order valence-electron chi connectivity index (χ0n) is 19.5. The highest BCUT2D eigenvalue weighted by Gasteiger charge is 2.46. The van der Waals surface area contributed by atoms with E-state index in [-0.39, 0.29) is 23.4 Å². The summed E-state index contributed by atoms with van der Waals surface area (Å²) in [6, 6.07) is 3.93. The van der Waals surface area contributed by atoms with E-state index in [1.54, 1.807) is 5.32 Å². The molecule has 204 valence electrons. The molecule has 1 amide bonds. The first kappa shape index (κ1) is 30.1. The maximum absolute atomic E-state index is 14.7. The van der Waals surface area contributed by atoms with Gasteiger partial charge in [0.2, 0.25) is 0 Å². The Morgan fingerprint density at radius 3 is 2.16 bits per heavy atom. The summed E-state index contributed by atoms with van der Waals surface area (Å²) in [4.78, 5) is 15.7. The third-order valence-electron chi connectivity index (χ3n) is 4.83. The number of benzene rings is 2. The van der Waals surface area contributed by atoms with Crippen LogP contribution in [0.4, 0.5) is 45.2 Å². The van der Waals surface area contributed by atoms with Gasteiger partial charge < -0.3 is 16.4 Å². The van der Waals surface area contributed by atoms with E-state index in [9.17, 15) is 44.3 Å². The zero-order chi connectivity index (χ0) is 29.0. The van der Waals surface area contributed by atoms with Crippen LogP contribution in [0.15, 0.2) is 59.0 Å². The van der Waals surface area contributed by atoms with Gasteiger partial charge in [-0.05, 0) is 36.2 Å². The standard InChI is InChI=1S/C23H18F9N5O/c1-10-5-11(3-4-15(10)25)13-6-12(24)7-16(26)18(13)37-20(23(30,31)32)17(8-33)36-21(38)14(9-35-2)19(34)22(27,28)29/h3-9,34-35H,33H2,1-2H3,(H,36,38)/p+2. The molecule has 0 saturated carbocycles. The van der Waals surface area contributed by atoms with Crippen molar-refractivity contribution in [2.75, 3.05) is 7.05 Å². The van der Waals surface area contributed by atoms with Crippen LogP contribution in [0.25, 0.3) is 11.1 Å². The minimum Gasteiger partial charge on any atom is -0.403 e. The van der Waals surface area contributed by atoms with Crippen molar-refractivity contribution in [2.45, 2.75) is 19.3 Å². The Kier molecular flexibility index (Phi) is 9.10. The number of hydrogen-bond donors (Lipinski definition) is 4. The van der Waals surface area contributed by atoms with E-state index in [1.165, 1.54) is 14.0 Å². The van der Waals surface area contributed by atoms with Gasteiger partial charge >= 0.3 is 12.4 Å². The number of allylic oxidation sites excluding steroid dienone is 1. The lowest BCUT2D eigenvalue weighted by atomic mass is 10.0. The fraction of sp³-hybridized carbons (Fsp3) is 0.174. The highest BCUT2D eigenvalue weighted by Crippen LogP contribution is 2.36. The van der Waals surface area contributed by atoms with E-state index in [4.69, 9.17) is 11.1 Å². The Balaban J connectivity index is 2.71. The number of amides is 1. The van der Waals surface area contributed by atoms with Crippen LogP contribution in [0.5, 0.6) is 0 Å². The molecule has 6 nitrogen and oxygen atoms in total. The molecule has 0 radical (unpaired) electrons. The first-order valence-corrected chi connectivity index (χ1v) is 10.4. The Labute approximate surface area is 209 Å². The van der Waals surface area contributed by atoms with Crippen LogP contribution in [0.1, 0.15) is 5.56 Å². The van der Waals surface area contributed by atoms with Crippen molar-refractivity contribution < 1.29 is 55.0 Å². The van der Waals surface area contributed by atoms with Crippen molar-refractivity contribution in [3.8, 4) is 11.1 Å². The minimum atomic E-state index is -5.46. The van der Waals surface area contributed by atoms with Crippen LogP contribution in [0, 0.1) is 24.4 Å². The lowest BCUT2D eigenvalue weighted by Crippen LogP contribution is -2.74. The smallest absolute Gasteiger partial charge is 0.403 e. The third kappa shape index (κ3) is 7.00. The van der Waals surface area contributed by atoms with Crippen molar-refractivity contribution in [3.05, 3.63) is 77.0 Å². The number of nitrogens with two attached hydrogens (primary N) is 3. The second kappa shape index (κ2) is 11.5. The number of hydrogen-bond acceptors (Lipinski definition) is 3. The molecule has 0 aliphatic carbocycles. The summed E-state index contributed by atoms with van der Waals surface area (Å²) >= 11 is 0. The number of carbonyl (C=O) groups is 1. The molecule has 0 saturated heterocycles. The summed E-state index contributed by atoms with van der Waals surface area (Å²) in [5.74, 6) is -5.20. The van der Waals surface area contributed by atoms with E-state index >= 15 is 0 Å². The maximum Gasteiger partial charge on any atom is 0.477 e. The molecule has 0 aromatic heterocycles. The molecule has 0 spiro atoms. The summed E-state index contributed by atoms with van der Waals surface area (Å²) < 4.78 is 124. The maximum atomic E-state index is 14.7. The number of carbonyl (C=O) groups excluding carboxylic acids is 1. The van der Waals surface area contributed by atoms with Crippen molar-refractivity contribution in [2.24, 2.45) is 10.7 Å². The second-order valence-corrected chi connectivity index (χ2v) is 7.57. The zero-order valence-corrected chi connectivity index (χ0v) is 19.5. The summed E-state index contributed by atoms with van der Waals surface area (Å²) in [5.41, 5.74) is -3.03. The van der Waals surface area contributed by atoms with Gasteiger partial charge in [-0.3, -0.25) is 4.79 Å². The SMILES string of the molecule is C[NH2+]C=C(C(=[NH2+])C(F)(F)F)C(=O)NC(=CN)C(=Nc1c(F)cc(F)cc1-c1ccc(F)c(C)c1)C(F)(F)F. The Morgan fingerprint density at radius 1 is 1.03 bits per heavy atom. The lowest BCUT2D eigenvalue weighted by molar-refractivity contribution is -0.556. The predicted molar refractivity (Wildman–Crippen MR) is 119 cm³/mol. The summed E-state index contributed by atoms with van der Waals surface area (Å²) in [5, 5.41) is 7.48. The average molecular weight is 553 g/mol. The fourth-order valence-electron chi connectivity index (χ4n) is 3.08. The highest BCUT2D eigenvalue weighted by molar-refractivity contribution is 6.22. The molecular formula is C23H20F9N5O+2. The van der Waals surface area contributed by atoms with Crippen LogP contribution in [0.3, 0.4) is 0 Å². The Hall–Kier alpha value is -4.14. The minimum absolute atomic E-state index is 0.00139. The first-order chi connectivity index (χ1) is 17.5. The van der Waals surface area contributed by atoms with Gasteiger partial charge in [-0.25, -0.2) is 23.6 Å². The topological polar surface area (TPSA) is 110 Å². The van der Waals surface area contributed by atoms with E-state index < -0.39 is 69.7 Å². The second-order valence-electron chi connectivity index (χ2n) is 7.57. The third-order valence-corrected chi connectivity index (χ3v) is 4.83. The van der Waals surface area contributed by atoms with Crippen LogP contribution < -0.4 is 21.8 Å². The normalized spacial score (nSPS) is 13.5. The van der Waals surface area contributed by atoms with E-state index in [0.29, 0.717) is 12.3 Å². The number of rotatable bonds is 7. The monoisotopic (exact) mass is 553 g/mol. The molecule has 0 bridgehead atoms. The number of nitrogens with zero attached hydrogens (tertiary/aromatic N) is 1. The number of alkyl halides is 6. The molecule has 7 N–H and O–H groups in total. The molecule has 2 aromatic rings. The molecule has 0 fully saturated rings. The van der Waals surface area contributed by atoms with Crippen LogP contribution in [-0.2, 0) is 4.79 Å². The highest BCUT2D eigenvalue weighted by atomic mass is 19.4. The molecule has 0 atom stereocenters. The quantitative estimate of drug-likeness (QED) is 0.240. The van der Waals surface area contributed by atoms with Crippen molar-refractivity contribution >= 4 is 23.0 Å². The largest absolute Gasteiger partial charge is 0.477 e. The van der Waals surface area contributed by atoms with Gasteiger partial charge in [-0.2, -0.15) is 26.3 Å². The number of aliphatic imine (C=N–C) groups is 1. The van der Waals surface area contributed by atoms with E-state index in [2.05, 4.69) is 4.99 Å². The van der Waals surface area contributed by atoms with Crippen LogP contribution >= 0.6 is 0 Å². The van der Waals surface area contributed by atoms with Gasteiger partial charge in [-0.15, -0.1) is 0 Å². The summed E-state index contributed by atoms with van der Waals surface area (Å²) in [7, 11) is 1.22. The van der Waals surface area contributed by atoms with Gasteiger partial charge in [0.25, 0.3) is 11.6 Å². The van der Waals surface area contributed by atoms with Gasteiger partial charge in [0, 0.05) is 17.8 Å². The molecule has 0 aliphatic heterocycles. The fourth-order valence-corrected chi connectivity index (χ4v) is 3.08. The number of nitrogens with one attached hydrogen (secondary N) is 1. The van der Waals surface area contributed by atoms with Crippen LogP contribution in [-0.4, -0.2) is 36.7 Å².